The molecule has 5 aliphatic rings. The van der Waals surface area contributed by atoms with Gasteiger partial charge in [0.1, 0.15) is 97.7 Å². The highest BCUT2D eigenvalue weighted by Crippen LogP contribution is 2.45. The lowest BCUT2D eigenvalue weighted by atomic mass is 9.99. The van der Waals surface area contributed by atoms with Gasteiger partial charge in [0, 0.05) is 26.4 Å². The number of rotatable bonds is 56. The summed E-state index contributed by atoms with van der Waals surface area (Å²) in [5, 5.41) is 0. The maximum atomic E-state index is 8.22. The van der Waals surface area contributed by atoms with Crippen molar-refractivity contribution in [2.24, 2.45) is 0 Å². The van der Waals surface area contributed by atoms with E-state index < -0.39 is 290 Å². The van der Waals surface area contributed by atoms with Gasteiger partial charge in [0.25, 0.3) is 0 Å². The van der Waals surface area contributed by atoms with E-state index in [1.807, 2.05) is 0 Å². The zero-order valence-electron chi connectivity index (χ0n) is 96.3. The fourth-order valence-corrected chi connectivity index (χ4v) is 56.0. The maximum Gasteiger partial charge on any atom is 0.317 e. The van der Waals surface area contributed by atoms with Crippen LogP contribution in [0, 0.1) is 0 Å². The summed E-state index contributed by atoms with van der Waals surface area (Å²) in [6.07, 6.45) is -9.29. The minimum absolute atomic E-state index is 0.285. The van der Waals surface area contributed by atoms with Gasteiger partial charge in [-0.25, -0.2) is 0 Å². The van der Waals surface area contributed by atoms with Crippen molar-refractivity contribution in [3.05, 3.63) is 0 Å². The van der Waals surface area contributed by atoms with Gasteiger partial charge in [-0.3, -0.25) is 0 Å². The SMILES string of the molecule is C[Si](C)(C)OC[C@H]1OC(OCCC[Si]2(C)O[Si](C)(CCCOC3O[C@H](CO[Si](C)(C)C)[C@H](O[Si](C)(C)C)[C@H](O[Si](C)(C)C)[C@H]3O[Si](C)(C)C)O[Si](C)(CCCOC3O[C@H](CO[Si](C)(C)C)[C@H](O[Si](C)(C)C)[C@H](O[Si](C)(C)C)[C@H]3O[Si](C)(C)C)O[Si](C)(CCCOC3O[C@H](CO[Si](C)(C)C)[C@H](O[Si](C)(C)C)[C@H](O[Si](C)(C)C)[C@H]3O[Si](C)(C)C)O2)[C@H](O[Si](C)(C)C)[C@@H](O[Si](C)(C)C)[C@H]1O[Si](C)(C)C. The van der Waals surface area contributed by atoms with E-state index >= 15 is 0 Å². The van der Waals surface area contributed by atoms with Gasteiger partial charge in [-0.2, -0.15) is 0 Å². The lowest BCUT2D eigenvalue weighted by Crippen LogP contribution is -2.67. The number of hydrogen-bond acceptors (Lipinski definition) is 28. The summed E-state index contributed by atoms with van der Waals surface area (Å²) in [6.45, 7) is 118. The molecule has 5 fully saturated rings. The minimum atomic E-state index is -3.54. The van der Waals surface area contributed by atoms with Crippen molar-refractivity contribution >= 4 is 167 Å². The van der Waals surface area contributed by atoms with Gasteiger partial charge in [-0.15, -0.1) is 0 Å². The van der Waals surface area contributed by atoms with Crippen LogP contribution in [-0.2, 0) is 125 Å². The molecule has 5 rings (SSSR count). The van der Waals surface area contributed by atoms with Crippen molar-refractivity contribution in [1.82, 2.24) is 0 Å². The van der Waals surface area contributed by atoms with Gasteiger partial charge in [0.15, 0.2) is 158 Å². The van der Waals surface area contributed by atoms with Crippen LogP contribution in [0.2, 0.25) is 365 Å². The number of ether oxygens (including phenoxy) is 8. The smallest absolute Gasteiger partial charge is 0.317 e. The molecule has 0 bridgehead atoms. The van der Waals surface area contributed by atoms with Crippen molar-refractivity contribution < 1.29 is 125 Å². The molecule has 0 N–H and O–H groups in total. The lowest BCUT2D eigenvalue weighted by molar-refractivity contribution is -0.290. The van der Waals surface area contributed by atoms with Crippen molar-refractivity contribution in [2.45, 2.75) is 513 Å². The molecular formula is C88H208O28Si20. The second kappa shape index (κ2) is 50.4. The largest absolute Gasteiger partial charge is 0.416 e. The molecule has 5 aliphatic heterocycles. The first-order chi connectivity index (χ1) is 60.7. The molecular weight excluding hydrogens is 2070 g/mol. The molecule has 5 heterocycles. The van der Waals surface area contributed by atoms with Crippen molar-refractivity contribution in [2.75, 3.05) is 52.9 Å². The standard InChI is InChI=1S/C88H208O28Si20/c1-117(2,3)93-65-69-73(101-121(13,14)15)77(105-125(25,26)27)81(109-129(37,38)39)85(97-69)89-57-53-61-133(49)113-134(50,62-54-58-90-86-82(110-130(40,41)42)78(106-126(28,29)30)74(102-122(16,17)18)70(98-86)66-94-118(4,5)6)115-136(52,64-56-60-92-88-84(112-132(46,47)48)80(108-128(34,35)36)76(104-124(22,23)24)72(100-88)68-96-120(10,11)12)116-135(51,114-133)63-55-59-91-87-83(111-131(43,44)45)79(107-127(31,32)33)75(103-123(19,20)21)71(99-87)67-95-119(7,8)9/h69-88H,53-68H2,1-52H3/t69-,70-,71-,72-,73+,74+,75+,76+,77+,78+,79+,80+,81-,82-,83-,84-,85?,86?,87?,88?,133?,134?,135?,136?/m1/s1. The Kier molecular flexibility index (Phi) is 48.1. The van der Waals surface area contributed by atoms with Crippen molar-refractivity contribution in [3.8, 4) is 0 Å². The van der Waals surface area contributed by atoms with Crippen LogP contribution in [0.1, 0.15) is 25.7 Å². The third-order valence-electron chi connectivity index (χ3n) is 20.9. The van der Waals surface area contributed by atoms with Crippen LogP contribution < -0.4 is 0 Å². The highest BCUT2D eigenvalue weighted by Gasteiger charge is 2.61. The Morgan fingerprint density at radius 2 is 0.294 bits per heavy atom. The molecule has 0 aromatic carbocycles. The zero-order chi connectivity index (χ0) is 105. The van der Waals surface area contributed by atoms with E-state index in [2.05, 4.69) is 340 Å². The molecule has 0 aromatic rings. The first-order valence-corrected chi connectivity index (χ1v) is 116. The van der Waals surface area contributed by atoms with Gasteiger partial charge < -0.3 is 125 Å². The summed E-state index contributed by atoms with van der Waals surface area (Å²) >= 11 is 0. The van der Waals surface area contributed by atoms with E-state index in [1.54, 1.807) is 0 Å². The fourth-order valence-electron chi connectivity index (χ4n) is 17.1. The second-order valence-corrected chi connectivity index (χ2v) is 141. The Hall–Kier alpha value is 3.22. The minimum Gasteiger partial charge on any atom is -0.416 e. The highest BCUT2D eigenvalue weighted by atomic mass is 28.5. The molecule has 0 aromatic heterocycles. The van der Waals surface area contributed by atoms with Gasteiger partial charge in [-0.05, 0) is 390 Å². The fraction of sp³-hybridized carbons (Fsp3) is 1.00. The molecule has 0 spiro atoms. The topological polar surface area (TPSA) is 258 Å². The van der Waals surface area contributed by atoms with E-state index in [1.165, 1.54) is 0 Å². The highest BCUT2D eigenvalue weighted by molar-refractivity contribution is 6.94. The monoisotopic (exact) mass is 2270 g/mol. The molecule has 808 valence electrons. The Morgan fingerprint density at radius 3 is 0.419 bits per heavy atom. The van der Waals surface area contributed by atoms with E-state index in [0.717, 1.165) is 0 Å². The van der Waals surface area contributed by atoms with Crippen LogP contribution in [0.3, 0.4) is 0 Å². The predicted octanol–water partition coefficient (Wildman–Crippen LogP) is 22.9. The predicted molar refractivity (Wildman–Crippen MR) is 603 cm³/mol. The molecule has 0 radical (unpaired) electrons. The molecule has 4 unspecified atom stereocenters. The molecule has 0 saturated carbocycles. The molecule has 20 atom stereocenters. The van der Waals surface area contributed by atoms with E-state index in [4.69, 9.17) is 125 Å². The Balaban J connectivity index is 1.77. The first-order valence-electron chi connectivity index (χ1n) is 51.2. The molecule has 136 heavy (non-hydrogen) atoms. The van der Waals surface area contributed by atoms with Crippen LogP contribution in [0.4, 0.5) is 0 Å². The molecule has 0 aliphatic carbocycles. The molecule has 28 nitrogen and oxygen atoms in total. The zero-order valence-corrected chi connectivity index (χ0v) is 116. The lowest BCUT2D eigenvalue weighted by Gasteiger charge is -2.51. The second-order valence-electron chi connectivity index (χ2n) is 55.0. The summed E-state index contributed by atoms with van der Waals surface area (Å²) in [7, 11) is -49.9. The summed E-state index contributed by atoms with van der Waals surface area (Å²) in [6, 6.07) is 2.07. The van der Waals surface area contributed by atoms with E-state index in [0.29, 0.717) is 76.3 Å². The molecule has 5 saturated heterocycles. The number of hydrogen-bond donors (Lipinski definition) is 0. The average Bonchev–Trinajstić information content (AvgIpc) is 0.892. The van der Waals surface area contributed by atoms with Gasteiger partial charge in [-0.1, -0.05) is 0 Å². The third-order valence-corrected chi connectivity index (χ3v) is 55.7. The Morgan fingerprint density at radius 1 is 0.169 bits per heavy atom. The van der Waals surface area contributed by atoms with E-state index in [-0.39, 0.29) is 26.4 Å². The van der Waals surface area contributed by atoms with Crippen LogP contribution in [-0.4, -0.2) is 343 Å². The normalized spacial score (nSPS) is 32.9. The third kappa shape index (κ3) is 51.1. The maximum absolute atomic E-state index is 8.22. The molecule has 0 amide bonds. The summed E-state index contributed by atoms with van der Waals surface area (Å²) in [5.74, 6) is 0. The summed E-state index contributed by atoms with van der Waals surface area (Å²) < 4.78 is 206. The van der Waals surface area contributed by atoms with Crippen LogP contribution in [0.5, 0.6) is 0 Å². The van der Waals surface area contributed by atoms with Crippen molar-refractivity contribution in [1.29, 1.82) is 0 Å². The summed E-state index contributed by atoms with van der Waals surface area (Å²) in [5.41, 5.74) is 0. The quantitative estimate of drug-likeness (QED) is 0.0405. The average molecular weight is 2280 g/mol. The van der Waals surface area contributed by atoms with Crippen LogP contribution in [0.15, 0.2) is 0 Å². The van der Waals surface area contributed by atoms with Gasteiger partial charge in [0.2, 0.25) is 0 Å². The van der Waals surface area contributed by atoms with Gasteiger partial charge >= 0.3 is 34.2 Å². The Bertz CT molecular complexity index is 3060. The van der Waals surface area contributed by atoms with E-state index in [9.17, 15) is 0 Å². The summed E-state index contributed by atoms with van der Waals surface area (Å²) in [4.78, 5) is 0. The Labute approximate surface area is 851 Å². The first kappa shape index (κ1) is 130. The van der Waals surface area contributed by atoms with Crippen LogP contribution >= 0.6 is 0 Å². The molecule has 48 heteroatoms. The van der Waals surface area contributed by atoms with Crippen molar-refractivity contribution in [3.63, 3.8) is 0 Å². The van der Waals surface area contributed by atoms with Gasteiger partial charge in [0.05, 0.1) is 26.4 Å². The van der Waals surface area contributed by atoms with Crippen LogP contribution in [0.25, 0.3) is 0 Å².